The Morgan fingerprint density at radius 2 is 1.67 bits per heavy atom. The normalized spacial score (nSPS) is 29.1. The molecule has 1 saturated heterocycles. The van der Waals surface area contributed by atoms with Crippen LogP contribution in [-0.2, 0) is 9.59 Å². The molecule has 0 radical (unpaired) electrons. The summed E-state index contributed by atoms with van der Waals surface area (Å²) in [7, 11) is 0. The highest BCUT2D eigenvalue weighted by Gasteiger charge is 2.41. The summed E-state index contributed by atoms with van der Waals surface area (Å²) in [6.45, 7) is 0. The Balaban J connectivity index is 1.68. The molecule has 3 rings (SSSR count). The van der Waals surface area contributed by atoms with Gasteiger partial charge in [-0.3, -0.25) is 9.59 Å². The van der Waals surface area contributed by atoms with Crippen LogP contribution in [0.5, 0.6) is 0 Å². The Labute approximate surface area is 108 Å². The molecule has 2 aliphatic carbocycles. The van der Waals surface area contributed by atoms with Crippen LogP contribution in [0.1, 0.15) is 57.8 Å². The molecular formula is C14H22N2O2. The van der Waals surface area contributed by atoms with E-state index in [0.29, 0.717) is 24.9 Å². The fourth-order valence-corrected chi connectivity index (χ4v) is 3.35. The largest absolute Gasteiger partial charge is 0.344 e. The molecule has 0 spiro atoms. The fourth-order valence-electron chi connectivity index (χ4n) is 3.35. The van der Waals surface area contributed by atoms with Gasteiger partial charge in [0.25, 0.3) is 0 Å². The van der Waals surface area contributed by atoms with Crippen LogP contribution in [0.4, 0.5) is 0 Å². The molecule has 18 heavy (non-hydrogen) atoms. The van der Waals surface area contributed by atoms with Crippen molar-refractivity contribution in [1.82, 2.24) is 10.2 Å². The van der Waals surface area contributed by atoms with Crippen LogP contribution in [0.2, 0.25) is 0 Å². The Bertz CT molecular complexity index is 346. The number of nitrogens with one attached hydrogen (secondary N) is 1. The average Bonchev–Trinajstić information content (AvgIpc) is 3.12. The van der Waals surface area contributed by atoms with E-state index in [1.54, 1.807) is 0 Å². The monoisotopic (exact) mass is 250 g/mol. The third kappa shape index (κ3) is 2.38. The molecule has 4 heteroatoms. The summed E-state index contributed by atoms with van der Waals surface area (Å²) in [6, 6.07) is 0.675. The Hall–Kier alpha value is -1.06. The number of nitrogens with zero attached hydrogens (tertiary/aromatic N) is 1. The predicted octanol–water partition coefficient (Wildman–Crippen LogP) is 1.59. The summed E-state index contributed by atoms with van der Waals surface area (Å²) in [5, 5.41) is 2.83. The van der Waals surface area contributed by atoms with Crippen LogP contribution in [0.15, 0.2) is 0 Å². The molecule has 0 aromatic heterocycles. The average molecular weight is 250 g/mol. The molecule has 2 amide bonds. The van der Waals surface area contributed by atoms with Gasteiger partial charge in [0.15, 0.2) is 0 Å². The molecule has 100 valence electrons. The molecule has 1 atom stereocenters. The van der Waals surface area contributed by atoms with E-state index >= 15 is 0 Å². The van der Waals surface area contributed by atoms with Crippen LogP contribution in [-0.4, -0.2) is 34.8 Å². The van der Waals surface area contributed by atoms with E-state index in [2.05, 4.69) is 10.2 Å². The van der Waals surface area contributed by atoms with Crippen LogP contribution in [0.25, 0.3) is 0 Å². The molecule has 1 N–H and O–H groups in total. The van der Waals surface area contributed by atoms with Gasteiger partial charge in [0.2, 0.25) is 11.8 Å². The van der Waals surface area contributed by atoms with Crippen molar-refractivity contribution in [3.8, 4) is 0 Å². The van der Waals surface area contributed by atoms with Gasteiger partial charge >= 0.3 is 0 Å². The molecule has 1 heterocycles. The van der Waals surface area contributed by atoms with E-state index in [1.165, 1.54) is 19.3 Å². The molecule has 0 bridgehead atoms. The van der Waals surface area contributed by atoms with E-state index in [9.17, 15) is 9.59 Å². The van der Waals surface area contributed by atoms with Crippen molar-refractivity contribution in [2.45, 2.75) is 75.9 Å². The van der Waals surface area contributed by atoms with Crippen molar-refractivity contribution in [2.24, 2.45) is 0 Å². The van der Waals surface area contributed by atoms with Gasteiger partial charge in [0.05, 0.1) is 0 Å². The molecule has 3 aliphatic rings. The van der Waals surface area contributed by atoms with Crippen molar-refractivity contribution in [2.75, 3.05) is 0 Å². The van der Waals surface area contributed by atoms with Crippen molar-refractivity contribution in [3.63, 3.8) is 0 Å². The molecule has 3 fully saturated rings. The zero-order chi connectivity index (χ0) is 12.5. The second-order valence-corrected chi connectivity index (χ2v) is 5.93. The second kappa shape index (κ2) is 4.90. The van der Waals surface area contributed by atoms with Gasteiger partial charge in [-0.1, -0.05) is 19.3 Å². The predicted molar refractivity (Wildman–Crippen MR) is 67.9 cm³/mol. The lowest BCUT2D eigenvalue weighted by Gasteiger charge is -2.36. The summed E-state index contributed by atoms with van der Waals surface area (Å²) in [4.78, 5) is 26.0. The van der Waals surface area contributed by atoms with Gasteiger partial charge in [0.1, 0.15) is 6.04 Å². The maximum atomic E-state index is 12.6. The molecule has 1 aliphatic heterocycles. The van der Waals surface area contributed by atoms with Gasteiger partial charge < -0.3 is 10.2 Å². The fraction of sp³-hybridized carbons (Fsp3) is 0.857. The highest BCUT2D eigenvalue weighted by atomic mass is 16.2. The minimum Gasteiger partial charge on any atom is -0.344 e. The minimum absolute atomic E-state index is 0.0349. The summed E-state index contributed by atoms with van der Waals surface area (Å²) < 4.78 is 0. The zero-order valence-electron chi connectivity index (χ0n) is 10.9. The van der Waals surface area contributed by atoms with E-state index in [-0.39, 0.29) is 17.9 Å². The number of hydrogen-bond acceptors (Lipinski definition) is 2. The number of carbonyl (C=O) groups excluding carboxylic acids is 2. The molecule has 0 aromatic carbocycles. The maximum absolute atomic E-state index is 12.6. The Morgan fingerprint density at radius 3 is 2.22 bits per heavy atom. The topological polar surface area (TPSA) is 49.4 Å². The number of hydrogen-bond donors (Lipinski definition) is 1. The first-order valence-corrected chi connectivity index (χ1v) is 7.37. The number of rotatable bonds is 3. The quantitative estimate of drug-likeness (QED) is 0.827. The van der Waals surface area contributed by atoms with Crippen LogP contribution >= 0.6 is 0 Å². The van der Waals surface area contributed by atoms with Gasteiger partial charge in [-0.05, 0) is 32.1 Å². The maximum Gasteiger partial charge on any atom is 0.245 e. The van der Waals surface area contributed by atoms with Gasteiger partial charge in [-0.25, -0.2) is 0 Å². The lowest BCUT2D eigenvalue weighted by molar-refractivity contribution is -0.137. The summed E-state index contributed by atoms with van der Waals surface area (Å²) in [6.07, 6.45) is 9.63. The summed E-state index contributed by atoms with van der Waals surface area (Å²) in [5.41, 5.74) is 0. The van der Waals surface area contributed by atoms with Crippen molar-refractivity contribution in [3.05, 3.63) is 0 Å². The summed E-state index contributed by atoms with van der Waals surface area (Å²) in [5.74, 6) is 0.225. The molecule has 1 unspecified atom stereocenters. The van der Waals surface area contributed by atoms with Crippen LogP contribution in [0.3, 0.4) is 0 Å². The van der Waals surface area contributed by atoms with Gasteiger partial charge in [-0.2, -0.15) is 0 Å². The third-order valence-corrected chi connectivity index (χ3v) is 4.46. The van der Waals surface area contributed by atoms with Gasteiger partial charge in [0, 0.05) is 18.5 Å². The molecule has 2 saturated carbocycles. The lowest BCUT2D eigenvalue weighted by Crippen LogP contribution is -2.50. The number of amides is 2. The third-order valence-electron chi connectivity index (χ3n) is 4.46. The van der Waals surface area contributed by atoms with E-state index in [1.807, 2.05) is 0 Å². The smallest absolute Gasteiger partial charge is 0.245 e. The van der Waals surface area contributed by atoms with E-state index in [4.69, 9.17) is 0 Å². The second-order valence-electron chi connectivity index (χ2n) is 5.93. The van der Waals surface area contributed by atoms with E-state index in [0.717, 1.165) is 25.7 Å². The summed E-state index contributed by atoms with van der Waals surface area (Å²) >= 11 is 0. The number of carbonyl (C=O) groups is 2. The molecular weight excluding hydrogens is 228 g/mol. The van der Waals surface area contributed by atoms with Crippen molar-refractivity contribution < 1.29 is 9.59 Å². The van der Waals surface area contributed by atoms with Crippen molar-refractivity contribution >= 4 is 11.8 Å². The van der Waals surface area contributed by atoms with Crippen LogP contribution < -0.4 is 5.32 Å². The molecule has 4 nitrogen and oxygen atoms in total. The zero-order valence-corrected chi connectivity index (χ0v) is 10.9. The lowest BCUT2D eigenvalue weighted by atomic mass is 9.93. The first kappa shape index (κ1) is 12.0. The highest BCUT2D eigenvalue weighted by Crippen LogP contribution is 2.34. The minimum atomic E-state index is -0.236. The van der Waals surface area contributed by atoms with E-state index < -0.39 is 0 Å². The standard InChI is InChI=1S/C14H22N2O2/c17-13-9-8-12(15-13)14(18)16(11-6-7-11)10-4-2-1-3-5-10/h10-12H,1-9H2,(H,15,17). The Kier molecular flexibility index (Phi) is 3.27. The van der Waals surface area contributed by atoms with Gasteiger partial charge in [-0.15, -0.1) is 0 Å². The van der Waals surface area contributed by atoms with Crippen LogP contribution in [0, 0.1) is 0 Å². The highest BCUT2D eigenvalue weighted by molar-refractivity contribution is 5.91. The first-order valence-electron chi connectivity index (χ1n) is 7.37. The molecule has 0 aromatic rings. The first-order chi connectivity index (χ1) is 8.75. The van der Waals surface area contributed by atoms with Crippen molar-refractivity contribution in [1.29, 1.82) is 0 Å². The Morgan fingerprint density at radius 1 is 1.00 bits per heavy atom. The SMILES string of the molecule is O=C1CCC(C(=O)N(C2CCCCC2)C2CC2)N1.